The van der Waals surface area contributed by atoms with Gasteiger partial charge in [-0.25, -0.2) is 9.97 Å². The Morgan fingerprint density at radius 1 is 1.15 bits per heavy atom. The van der Waals surface area contributed by atoms with Crippen LogP contribution in [0.5, 0.6) is 0 Å². The Kier molecular flexibility index (Phi) is 3.94. The van der Waals surface area contributed by atoms with Gasteiger partial charge in [0.15, 0.2) is 0 Å². The third-order valence-corrected chi connectivity index (χ3v) is 5.16. The highest BCUT2D eigenvalue weighted by atomic mass is 35.5. The second-order valence-electron chi connectivity index (χ2n) is 6.95. The Balaban J connectivity index is 1.28. The first kappa shape index (κ1) is 15.9. The minimum Gasteiger partial charge on any atom is -0.338 e. The highest BCUT2D eigenvalue weighted by Gasteiger charge is 2.28. The number of hydrogen-bond donors (Lipinski definition) is 0. The Hall–Kier alpha value is -2.31. The summed E-state index contributed by atoms with van der Waals surface area (Å²) in [6.45, 7) is 2.39. The van der Waals surface area contributed by atoms with E-state index in [0.29, 0.717) is 29.2 Å². The number of halogens is 1. The van der Waals surface area contributed by atoms with Crippen LogP contribution >= 0.6 is 11.6 Å². The van der Waals surface area contributed by atoms with Crippen molar-refractivity contribution in [1.29, 1.82) is 0 Å². The molecule has 0 saturated heterocycles. The topological polar surface area (TPSA) is 67.9 Å². The monoisotopic (exact) mass is 367 g/mol. The van der Waals surface area contributed by atoms with E-state index in [-0.39, 0.29) is 0 Å². The summed E-state index contributed by atoms with van der Waals surface area (Å²) in [5, 5.41) is 4.77. The van der Waals surface area contributed by atoms with Gasteiger partial charge < -0.3 is 4.52 Å². The van der Waals surface area contributed by atoms with Gasteiger partial charge in [0.05, 0.1) is 6.54 Å². The molecular weight excluding hydrogens is 350 g/mol. The fourth-order valence-corrected chi connectivity index (χ4v) is 3.42. The van der Waals surface area contributed by atoms with Crippen LogP contribution in [0.2, 0.25) is 5.02 Å². The van der Waals surface area contributed by atoms with Crippen LogP contribution in [0.4, 0.5) is 0 Å². The molecular formula is C19H18ClN5O. The molecule has 1 saturated carbocycles. The van der Waals surface area contributed by atoms with E-state index in [0.717, 1.165) is 30.9 Å². The third-order valence-electron chi connectivity index (χ3n) is 4.90. The lowest BCUT2D eigenvalue weighted by Crippen LogP contribution is -2.31. The lowest BCUT2D eigenvalue weighted by molar-refractivity contribution is 0.208. The smallest absolute Gasteiger partial charge is 0.241 e. The predicted octanol–water partition coefficient (Wildman–Crippen LogP) is 3.62. The summed E-state index contributed by atoms with van der Waals surface area (Å²) in [4.78, 5) is 16.1. The summed E-state index contributed by atoms with van der Waals surface area (Å²) in [5.41, 5.74) is 3.30. The van der Waals surface area contributed by atoms with Gasteiger partial charge in [0.25, 0.3) is 0 Å². The van der Waals surface area contributed by atoms with E-state index in [4.69, 9.17) is 21.1 Å². The molecule has 0 atom stereocenters. The summed E-state index contributed by atoms with van der Waals surface area (Å²) < 4.78 is 5.43. The highest BCUT2D eigenvalue weighted by Crippen LogP contribution is 2.38. The summed E-state index contributed by atoms with van der Waals surface area (Å²) in [7, 11) is 0. The largest absolute Gasteiger partial charge is 0.338 e. The Morgan fingerprint density at radius 2 is 2.00 bits per heavy atom. The first-order valence-corrected chi connectivity index (χ1v) is 9.28. The van der Waals surface area contributed by atoms with Crippen LogP contribution in [-0.4, -0.2) is 31.6 Å². The number of aromatic nitrogens is 4. The van der Waals surface area contributed by atoms with E-state index in [1.165, 1.54) is 24.1 Å². The second-order valence-corrected chi connectivity index (χ2v) is 7.39. The molecule has 0 unspecified atom stereocenters. The summed E-state index contributed by atoms with van der Waals surface area (Å²) in [5.74, 6) is 2.84. The highest BCUT2D eigenvalue weighted by molar-refractivity contribution is 6.30. The molecule has 3 heterocycles. The molecule has 6 nitrogen and oxygen atoms in total. The van der Waals surface area contributed by atoms with Crippen LogP contribution in [0, 0.1) is 0 Å². The van der Waals surface area contributed by atoms with E-state index in [9.17, 15) is 0 Å². The molecule has 1 aliphatic heterocycles. The first-order valence-electron chi connectivity index (χ1n) is 8.90. The van der Waals surface area contributed by atoms with Crippen LogP contribution in [0.3, 0.4) is 0 Å². The van der Waals surface area contributed by atoms with E-state index < -0.39 is 0 Å². The first-order chi connectivity index (χ1) is 12.7. The zero-order valence-electron chi connectivity index (χ0n) is 14.2. The molecule has 1 fully saturated rings. The molecule has 0 N–H and O–H groups in total. The number of hydrogen-bond acceptors (Lipinski definition) is 6. The van der Waals surface area contributed by atoms with Gasteiger partial charge in [0.2, 0.25) is 11.7 Å². The molecule has 0 radical (unpaired) electrons. The average molecular weight is 368 g/mol. The van der Waals surface area contributed by atoms with Gasteiger partial charge in [-0.15, -0.1) is 0 Å². The van der Waals surface area contributed by atoms with Crippen molar-refractivity contribution in [1.82, 2.24) is 25.0 Å². The number of rotatable bonds is 4. The van der Waals surface area contributed by atoms with E-state index in [1.807, 2.05) is 30.5 Å². The minimum absolute atomic E-state index is 0.589. The van der Waals surface area contributed by atoms with Crippen LogP contribution in [0.1, 0.15) is 41.7 Å². The zero-order valence-corrected chi connectivity index (χ0v) is 15.0. The van der Waals surface area contributed by atoms with E-state index >= 15 is 0 Å². The van der Waals surface area contributed by atoms with Gasteiger partial charge in [-0.2, -0.15) is 4.98 Å². The molecule has 1 aromatic carbocycles. The van der Waals surface area contributed by atoms with Crippen LogP contribution < -0.4 is 0 Å². The fraction of sp³-hybridized carbons (Fsp3) is 0.368. The maximum absolute atomic E-state index is 5.92. The lowest BCUT2D eigenvalue weighted by atomic mass is 10.1. The normalized spacial score (nSPS) is 17.3. The molecule has 0 spiro atoms. The standard InChI is InChI=1S/C19H18ClN5O/c20-15-5-3-13(4-6-15)19-23-17(26-24-19)11-25-8-7-16-14(10-25)9-21-18(22-16)12-1-2-12/h3-6,9,12H,1-2,7-8,10-11H2. The summed E-state index contributed by atoms with van der Waals surface area (Å²) in [6, 6.07) is 7.43. The quantitative estimate of drug-likeness (QED) is 0.701. The molecule has 1 aliphatic carbocycles. The fourth-order valence-electron chi connectivity index (χ4n) is 3.29. The second kappa shape index (κ2) is 6.45. The molecule has 7 heteroatoms. The zero-order chi connectivity index (χ0) is 17.5. The van der Waals surface area contributed by atoms with Crippen molar-refractivity contribution in [2.24, 2.45) is 0 Å². The van der Waals surface area contributed by atoms with Crippen molar-refractivity contribution in [3.63, 3.8) is 0 Å². The number of nitrogens with zero attached hydrogens (tertiary/aromatic N) is 5. The molecule has 3 aromatic rings. The SMILES string of the molecule is Clc1ccc(-c2noc(CN3CCc4nc(C5CC5)ncc4C3)n2)cc1. The van der Waals surface area contributed by atoms with Crippen LogP contribution in [0.15, 0.2) is 35.0 Å². The van der Waals surface area contributed by atoms with Crippen LogP contribution in [0.25, 0.3) is 11.4 Å². The van der Waals surface area contributed by atoms with Gasteiger partial charge in [0.1, 0.15) is 5.82 Å². The molecule has 0 amide bonds. The van der Waals surface area contributed by atoms with Gasteiger partial charge in [0, 0.05) is 53.5 Å². The van der Waals surface area contributed by atoms with Gasteiger partial charge in [-0.05, 0) is 37.1 Å². The average Bonchev–Trinajstić information content (AvgIpc) is 3.41. The molecule has 0 bridgehead atoms. The van der Waals surface area contributed by atoms with E-state index in [1.54, 1.807) is 0 Å². The Bertz CT molecular complexity index is 935. The number of fused-ring (bicyclic) bond motifs is 1. The molecule has 26 heavy (non-hydrogen) atoms. The lowest BCUT2D eigenvalue weighted by Gasteiger charge is -2.26. The van der Waals surface area contributed by atoms with Crippen molar-refractivity contribution in [3.8, 4) is 11.4 Å². The molecule has 2 aliphatic rings. The van der Waals surface area contributed by atoms with Gasteiger partial charge in [-0.1, -0.05) is 16.8 Å². The van der Waals surface area contributed by atoms with Gasteiger partial charge >= 0.3 is 0 Å². The number of benzene rings is 1. The van der Waals surface area contributed by atoms with Gasteiger partial charge in [-0.3, -0.25) is 4.90 Å². The van der Waals surface area contributed by atoms with Crippen molar-refractivity contribution >= 4 is 11.6 Å². The van der Waals surface area contributed by atoms with Crippen molar-refractivity contribution in [3.05, 3.63) is 58.5 Å². The molecule has 2 aromatic heterocycles. The minimum atomic E-state index is 0.589. The van der Waals surface area contributed by atoms with Crippen molar-refractivity contribution in [2.75, 3.05) is 6.54 Å². The maximum atomic E-state index is 5.92. The summed E-state index contributed by atoms with van der Waals surface area (Å²) in [6.07, 6.45) is 5.40. The summed E-state index contributed by atoms with van der Waals surface area (Å²) >= 11 is 5.92. The third kappa shape index (κ3) is 3.22. The Morgan fingerprint density at radius 3 is 2.81 bits per heavy atom. The maximum Gasteiger partial charge on any atom is 0.241 e. The predicted molar refractivity (Wildman–Crippen MR) is 96.6 cm³/mol. The van der Waals surface area contributed by atoms with E-state index in [2.05, 4.69) is 20.0 Å². The van der Waals surface area contributed by atoms with Crippen LogP contribution in [-0.2, 0) is 19.5 Å². The van der Waals surface area contributed by atoms with Crippen molar-refractivity contribution in [2.45, 2.75) is 38.3 Å². The Labute approximate surface area is 156 Å². The van der Waals surface area contributed by atoms with Crippen molar-refractivity contribution < 1.29 is 4.52 Å². The molecule has 5 rings (SSSR count). The molecule has 132 valence electrons.